The van der Waals surface area contributed by atoms with Gasteiger partial charge in [-0.15, -0.1) is 0 Å². The molecule has 0 unspecified atom stereocenters. The predicted octanol–water partition coefficient (Wildman–Crippen LogP) is 3.63. The van der Waals surface area contributed by atoms with Crippen LogP contribution < -0.4 is 0 Å². The molecule has 2 aromatic carbocycles. The zero-order valence-electron chi connectivity index (χ0n) is 14.7. The van der Waals surface area contributed by atoms with E-state index in [0.29, 0.717) is 0 Å². The van der Waals surface area contributed by atoms with Crippen molar-refractivity contribution in [3.8, 4) is 0 Å². The predicted molar refractivity (Wildman–Crippen MR) is 98.1 cm³/mol. The van der Waals surface area contributed by atoms with E-state index >= 15 is 0 Å². The Labute approximate surface area is 145 Å². The Hall–Kier alpha value is -1.64. The SMILES string of the molecule is CC1(C)N2CC3(c4ccccc4)CN1CC(c1ccccc1)(C2)C3. The highest BCUT2D eigenvalue weighted by atomic mass is 15.5. The van der Waals surface area contributed by atoms with Gasteiger partial charge in [0.05, 0.1) is 5.66 Å². The first-order valence-corrected chi connectivity index (χ1v) is 9.15. The molecule has 0 aliphatic carbocycles. The second kappa shape index (κ2) is 4.71. The van der Waals surface area contributed by atoms with Gasteiger partial charge < -0.3 is 0 Å². The van der Waals surface area contributed by atoms with E-state index in [1.165, 1.54) is 43.7 Å². The zero-order chi connectivity index (χ0) is 16.4. The lowest BCUT2D eigenvalue weighted by Gasteiger charge is -2.71. The molecule has 2 heteroatoms. The number of benzene rings is 2. The third kappa shape index (κ3) is 1.84. The van der Waals surface area contributed by atoms with E-state index in [4.69, 9.17) is 0 Å². The lowest BCUT2D eigenvalue weighted by Crippen LogP contribution is -2.81. The molecule has 2 nitrogen and oxygen atoms in total. The van der Waals surface area contributed by atoms with Crippen LogP contribution >= 0.6 is 0 Å². The molecule has 0 radical (unpaired) electrons. The van der Waals surface area contributed by atoms with E-state index in [0.717, 1.165) is 0 Å². The van der Waals surface area contributed by atoms with Crippen LogP contribution in [0.4, 0.5) is 0 Å². The van der Waals surface area contributed by atoms with Crippen molar-refractivity contribution in [2.45, 2.75) is 36.8 Å². The van der Waals surface area contributed by atoms with Gasteiger partial charge in [-0.1, -0.05) is 60.7 Å². The third-order valence-electron chi connectivity index (χ3n) is 6.97. The Bertz CT molecular complexity index is 675. The minimum Gasteiger partial charge on any atom is -0.284 e. The molecule has 4 bridgehead atoms. The third-order valence-corrected chi connectivity index (χ3v) is 6.97. The lowest BCUT2D eigenvalue weighted by atomic mass is 9.56. The van der Waals surface area contributed by atoms with Crippen molar-refractivity contribution < 1.29 is 0 Å². The summed E-state index contributed by atoms with van der Waals surface area (Å²) >= 11 is 0. The summed E-state index contributed by atoms with van der Waals surface area (Å²) in [5, 5.41) is 0. The Morgan fingerprint density at radius 3 is 1.38 bits per heavy atom. The van der Waals surface area contributed by atoms with Gasteiger partial charge in [-0.3, -0.25) is 9.80 Å². The van der Waals surface area contributed by atoms with E-state index in [1.807, 2.05) is 0 Å². The van der Waals surface area contributed by atoms with Gasteiger partial charge in [-0.05, 0) is 31.4 Å². The second-order valence-corrected chi connectivity index (χ2v) is 8.68. The van der Waals surface area contributed by atoms with Crippen molar-refractivity contribution in [2.24, 2.45) is 0 Å². The molecular weight excluding hydrogens is 292 g/mol. The van der Waals surface area contributed by atoms with Crippen LogP contribution in [0.25, 0.3) is 0 Å². The molecule has 4 fully saturated rings. The van der Waals surface area contributed by atoms with Crippen molar-refractivity contribution in [3.63, 3.8) is 0 Å². The van der Waals surface area contributed by atoms with Gasteiger partial charge in [-0.2, -0.15) is 0 Å². The van der Waals surface area contributed by atoms with E-state index in [9.17, 15) is 0 Å². The molecule has 6 rings (SSSR count). The topological polar surface area (TPSA) is 6.48 Å². The van der Waals surface area contributed by atoms with Crippen molar-refractivity contribution >= 4 is 0 Å². The first kappa shape index (κ1) is 14.7. The summed E-state index contributed by atoms with van der Waals surface area (Å²) in [7, 11) is 0. The van der Waals surface area contributed by atoms with E-state index in [1.54, 1.807) is 0 Å². The first-order valence-electron chi connectivity index (χ1n) is 9.15. The maximum Gasteiger partial charge on any atom is 0.0680 e. The molecular formula is C22H26N2. The number of rotatable bonds is 2. The first-order chi connectivity index (χ1) is 11.5. The highest BCUT2D eigenvalue weighted by molar-refractivity contribution is 5.39. The smallest absolute Gasteiger partial charge is 0.0680 e. The molecule has 0 atom stereocenters. The highest BCUT2D eigenvalue weighted by Gasteiger charge is 2.62. The summed E-state index contributed by atoms with van der Waals surface area (Å²) in [6, 6.07) is 22.5. The maximum absolute atomic E-state index is 2.74. The molecule has 0 N–H and O–H groups in total. The van der Waals surface area contributed by atoms with Crippen molar-refractivity contribution in [1.82, 2.24) is 9.80 Å². The summed E-state index contributed by atoms with van der Waals surface area (Å²) in [5.74, 6) is 0. The van der Waals surface area contributed by atoms with Gasteiger partial charge in [0.2, 0.25) is 0 Å². The largest absolute Gasteiger partial charge is 0.284 e. The van der Waals surface area contributed by atoms with Crippen molar-refractivity contribution in [3.05, 3.63) is 71.8 Å². The van der Waals surface area contributed by atoms with Crippen LogP contribution in [-0.4, -0.2) is 41.6 Å². The highest BCUT2D eigenvalue weighted by Crippen LogP contribution is 2.55. The summed E-state index contributed by atoms with van der Waals surface area (Å²) in [6.07, 6.45) is 1.27. The molecule has 4 saturated heterocycles. The van der Waals surface area contributed by atoms with Gasteiger partial charge >= 0.3 is 0 Å². The van der Waals surface area contributed by atoms with Crippen molar-refractivity contribution in [2.75, 3.05) is 26.2 Å². The fourth-order valence-electron chi connectivity index (χ4n) is 5.67. The van der Waals surface area contributed by atoms with E-state index in [2.05, 4.69) is 84.3 Å². The minimum atomic E-state index is 0.178. The average Bonchev–Trinajstić information content (AvgIpc) is 2.61. The minimum absolute atomic E-state index is 0.178. The molecule has 124 valence electrons. The van der Waals surface area contributed by atoms with E-state index < -0.39 is 0 Å². The molecule has 0 aromatic heterocycles. The molecule has 0 spiro atoms. The Morgan fingerprint density at radius 2 is 1.00 bits per heavy atom. The van der Waals surface area contributed by atoms with Gasteiger partial charge in [0.1, 0.15) is 0 Å². The molecule has 0 amide bonds. The average molecular weight is 318 g/mol. The maximum atomic E-state index is 2.74. The fourth-order valence-corrected chi connectivity index (χ4v) is 5.67. The van der Waals surface area contributed by atoms with Crippen LogP contribution in [0.2, 0.25) is 0 Å². The number of piperidine rings is 2. The monoisotopic (exact) mass is 318 g/mol. The van der Waals surface area contributed by atoms with Crippen LogP contribution in [0.5, 0.6) is 0 Å². The molecule has 0 saturated carbocycles. The summed E-state index contributed by atoms with van der Waals surface area (Å²) in [6.45, 7) is 9.57. The van der Waals surface area contributed by atoms with Crippen LogP contribution in [0.3, 0.4) is 0 Å². The standard InChI is InChI=1S/C22H26N2/c1-20(2)23-14-21(18-9-5-3-6-10-18)13-22(16-23,17-24(20)15-21)19-11-7-4-8-12-19/h3-12H,13-17H2,1-2H3. The molecule has 2 aromatic rings. The van der Waals surface area contributed by atoms with Gasteiger partial charge in [0, 0.05) is 37.0 Å². The normalized spacial score (nSPS) is 39.1. The summed E-state index contributed by atoms with van der Waals surface area (Å²) in [5.41, 5.74) is 3.76. The lowest BCUT2D eigenvalue weighted by molar-refractivity contribution is -0.193. The van der Waals surface area contributed by atoms with Gasteiger partial charge in [0.15, 0.2) is 0 Å². The molecule has 4 aliphatic rings. The molecule has 4 aliphatic heterocycles. The molecule has 4 heterocycles. The quantitative estimate of drug-likeness (QED) is 0.834. The number of nitrogens with zero attached hydrogens (tertiary/aromatic N) is 2. The fraction of sp³-hybridized carbons (Fsp3) is 0.455. The Balaban J connectivity index is 1.66. The Morgan fingerprint density at radius 1 is 0.625 bits per heavy atom. The van der Waals surface area contributed by atoms with Crippen molar-refractivity contribution in [1.29, 1.82) is 0 Å². The molecule has 24 heavy (non-hydrogen) atoms. The summed E-state index contributed by atoms with van der Waals surface area (Å²) in [4.78, 5) is 5.48. The van der Waals surface area contributed by atoms with Crippen LogP contribution in [0, 0.1) is 0 Å². The number of hydrogen-bond donors (Lipinski definition) is 0. The Kier molecular flexibility index (Phi) is 2.88. The zero-order valence-corrected chi connectivity index (χ0v) is 14.7. The van der Waals surface area contributed by atoms with Crippen LogP contribution in [-0.2, 0) is 10.8 Å². The van der Waals surface area contributed by atoms with Gasteiger partial charge in [0.25, 0.3) is 0 Å². The van der Waals surface area contributed by atoms with Crippen LogP contribution in [0.1, 0.15) is 31.4 Å². The number of hydrogen-bond acceptors (Lipinski definition) is 2. The van der Waals surface area contributed by atoms with Gasteiger partial charge in [-0.25, -0.2) is 0 Å². The van der Waals surface area contributed by atoms with E-state index in [-0.39, 0.29) is 16.5 Å². The van der Waals surface area contributed by atoms with Crippen LogP contribution in [0.15, 0.2) is 60.7 Å². The summed E-state index contributed by atoms with van der Waals surface area (Å²) < 4.78 is 0. The second-order valence-electron chi connectivity index (χ2n) is 8.68.